The van der Waals surface area contributed by atoms with Crippen LogP contribution >= 0.6 is 0 Å². The summed E-state index contributed by atoms with van der Waals surface area (Å²) >= 11 is 0. The highest BCUT2D eigenvalue weighted by Gasteiger charge is 2.21. The van der Waals surface area contributed by atoms with Crippen molar-refractivity contribution in [2.24, 2.45) is 5.14 Å². The molecule has 1 aromatic carbocycles. The second-order valence-electron chi connectivity index (χ2n) is 4.64. The summed E-state index contributed by atoms with van der Waals surface area (Å²) in [6, 6.07) is 4.48. The Hall–Kier alpha value is -2.19. The van der Waals surface area contributed by atoms with Gasteiger partial charge in [0.25, 0.3) is 0 Å². The van der Waals surface area contributed by atoms with Gasteiger partial charge in [-0.2, -0.15) is 0 Å². The molecule has 1 amide bonds. The summed E-state index contributed by atoms with van der Waals surface area (Å²) in [7, 11) is -3.97. The third kappa shape index (κ3) is 3.11. The van der Waals surface area contributed by atoms with Crippen LogP contribution in [0.25, 0.3) is 11.1 Å². The molecule has 7 nitrogen and oxygen atoms in total. The first-order chi connectivity index (χ1) is 9.70. The zero-order valence-electron chi connectivity index (χ0n) is 11.8. The third-order valence-corrected chi connectivity index (χ3v) is 3.86. The van der Waals surface area contributed by atoms with Crippen LogP contribution in [0.1, 0.15) is 18.4 Å². The van der Waals surface area contributed by atoms with Gasteiger partial charge in [-0.3, -0.25) is 4.79 Å². The second kappa shape index (κ2) is 5.30. The number of nitrogens with two attached hydrogens (primary N) is 1. The number of primary sulfonamides is 1. The maximum Gasteiger partial charge on any atom is 0.238 e. The lowest BCUT2D eigenvalue weighted by Gasteiger charge is -2.10. The van der Waals surface area contributed by atoms with Crippen molar-refractivity contribution in [3.05, 3.63) is 29.7 Å². The minimum absolute atomic E-state index is 0.0943. The first kappa shape index (κ1) is 15.2. The topological polar surface area (TPSA) is 115 Å². The van der Waals surface area contributed by atoms with Crippen molar-refractivity contribution in [3.8, 4) is 11.1 Å². The summed E-state index contributed by atoms with van der Waals surface area (Å²) in [5, 5.41) is 11.6. The van der Waals surface area contributed by atoms with Crippen LogP contribution in [0, 0.1) is 13.8 Å². The molecular formula is C13H15N3O4S. The maximum atomic E-state index is 11.8. The van der Waals surface area contributed by atoms with Crippen molar-refractivity contribution in [3.63, 3.8) is 0 Å². The predicted molar refractivity (Wildman–Crippen MR) is 77.1 cm³/mol. The molecule has 112 valence electrons. The smallest absolute Gasteiger partial charge is 0.238 e. The van der Waals surface area contributed by atoms with Gasteiger partial charge in [-0.1, -0.05) is 11.2 Å². The van der Waals surface area contributed by atoms with Gasteiger partial charge < -0.3 is 9.84 Å². The van der Waals surface area contributed by atoms with Crippen LogP contribution < -0.4 is 10.5 Å². The van der Waals surface area contributed by atoms with E-state index in [-0.39, 0.29) is 10.8 Å². The van der Waals surface area contributed by atoms with E-state index in [1.54, 1.807) is 26.0 Å². The van der Waals surface area contributed by atoms with E-state index in [0.717, 1.165) is 0 Å². The number of nitrogens with one attached hydrogen (secondary N) is 1. The molecule has 0 atom stereocenters. The van der Waals surface area contributed by atoms with Crippen molar-refractivity contribution in [1.29, 1.82) is 0 Å². The minimum Gasteiger partial charge on any atom is -0.361 e. The molecular weight excluding hydrogens is 294 g/mol. The molecule has 0 unspecified atom stereocenters. The maximum absolute atomic E-state index is 11.8. The van der Waals surface area contributed by atoms with Gasteiger partial charge >= 0.3 is 0 Å². The monoisotopic (exact) mass is 309 g/mol. The van der Waals surface area contributed by atoms with Crippen LogP contribution in [0.3, 0.4) is 0 Å². The fourth-order valence-corrected chi connectivity index (χ4v) is 2.88. The Bertz CT molecular complexity index is 789. The highest BCUT2D eigenvalue weighted by molar-refractivity contribution is 7.89. The zero-order chi connectivity index (χ0) is 15.8. The first-order valence-corrected chi connectivity index (χ1v) is 7.62. The molecule has 0 radical (unpaired) electrons. The molecule has 0 spiro atoms. The number of carbonyl (C=O) groups is 1. The third-order valence-electron chi connectivity index (χ3n) is 2.91. The van der Waals surface area contributed by atoms with Gasteiger partial charge in [-0.05, 0) is 26.0 Å². The number of aromatic nitrogens is 1. The number of anilines is 1. The summed E-state index contributed by atoms with van der Waals surface area (Å²) in [6.07, 6.45) is 0. The van der Waals surface area contributed by atoms with Crippen molar-refractivity contribution in [2.45, 2.75) is 25.7 Å². The van der Waals surface area contributed by atoms with Crippen molar-refractivity contribution in [2.75, 3.05) is 5.32 Å². The number of aryl methyl sites for hydroxylation is 2. The predicted octanol–water partition coefficient (Wildman–Crippen LogP) is 1.56. The Morgan fingerprint density at radius 1 is 1.33 bits per heavy atom. The van der Waals surface area contributed by atoms with E-state index in [2.05, 4.69) is 10.5 Å². The first-order valence-electron chi connectivity index (χ1n) is 6.08. The summed E-state index contributed by atoms with van der Waals surface area (Å²) in [6.45, 7) is 4.73. The summed E-state index contributed by atoms with van der Waals surface area (Å²) in [5.74, 6) is 0.185. The second-order valence-corrected chi connectivity index (χ2v) is 6.17. The van der Waals surface area contributed by atoms with E-state index < -0.39 is 10.0 Å². The fourth-order valence-electron chi connectivity index (χ4n) is 2.11. The van der Waals surface area contributed by atoms with Gasteiger partial charge in [-0.15, -0.1) is 0 Å². The van der Waals surface area contributed by atoms with Crippen LogP contribution in [0.15, 0.2) is 27.6 Å². The average Bonchev–Trinajstić information content (AvgIpc) is 2.67. The molecule has 0 aliphatic rings. The van der Waals surface area contributed by atoms with Crippen LogP contribution in [0.5, 0.6) is 0 Å². The Balaban J connectivity index is 2.70. The quantitative estimate of drug-likeness (QED) is 0.892. The number of benzene rings is 1. The fraction of sp³-hybridized carbons (Fsp3) is 0.231. The van der Waals surface area contributed by atoms with Crippen LogP contribution in [0.4, 0.5) is 5.69 Å². The van der Waals surface area contributed by atoms with E-state index >= 15 is 0 Å². The lowest BCUT2D eigenvalue weighted by atomic mass is 10.0. The van der Waals surface area contributed by atoms with E-state index in [0.29, 0.717) is 28.3 Å². The molecule has 0 aliphatic heterocycles. The van der Waals surface area contributed by atoms with E-state index in [4.69, 9.17) is 9.66 Å². The Labute approximate surface area is 122 Å². The van der Waals surface area contributed by atoms with Crippen molar-refractivity contribution in [1.82, 2.24) is 5.16 Å². The number of nitrogens with zero attached hydrogens (tertiary/aromatic N) is 1. The van der Waals surface area contributed by atoms with E-state index in [9.17, 15) is 13.2 Å². The van der Waals surface area contributed by atoms with Gasteiger partial charge in [0.2, 0.25) is 15.9 Å². The average molecular weight is 309 g/mol. The largest absolute Gasteiger partial charge is 0.361 e. The SMILES string of the molecule is CC(=O)Nc1ccc(-c2c(C)noc2C)c(S(N)(=O)=O)c1. The standard InChI is InChI=1S/C13H15N3O4S/c1-7-13(8(2)20-16-7)11-5-4-10(15-9(3)17)6-12(11)21(14,18)19/h4-6H,1-3H3,(H,15,17)(H2,14,18,19). The number of amides is 1. The molecule has 0 bridgehead atoms. The molecule has 2 aromatic rings. The molecule has 2 rings (SSSR count). The summed E-state index contributed by atoms with van der Waals surface area (Å²) in [5.41, 5.74) is 1.88. The van der Waals surface area contributed by atoms with Crippen LogP contribution in [-0.2, 0) is 14.8 Å². The van der Waals surface area contributed by atoms with Gasteiger partial charge in [0, 0.05) is 23.7 Å². The lowest BCUT2D eigenvalue weighted by molar-refractivity contribution is -0.114. The lowest BCUT2D eigenvalue weighted by Crippen LogP contribution is -2.15. The number of carbonyl (C=O) groups excluding carboxylic acids is 1. The Morgan fingerprint density at radius 2 is 2.00 bits per heavy atom. The van der Waals surface area contributed by atoms with E-state index in [1.165, 1.54) is 13.0 Å². The molecule has 21 heavy (non-hydrogen) atoms. The molecule has 1 heterocycles. The molecule has 0 saturated carbocycles. The summed E-state index contributed by atoms with van der Waals surface area (Å²) < 4.78 is 28.7. The van der Waals surface area contributed by atoms with Crippen molar-refractivity contribution < 1.29 is 17.7 Å². The van der Waals surface area contributed by atoms with Crippen LogP contribution in [-0.4, -0.2) is 19.5 Å². The molecule has 3 N–H and O–H groups in total. The number of hydrogen-bond donors (Lipinski definition) is 2. The summed E-state index contributed by atoms with van der Waals surface area (Å²) in [4.78, 5) is 11.0. The van der Waals surface area contributed by atoms with Crippen LogP contribution in [0.2, 0.25) is 0 Å². The van der Waals surface area contributed by atoms with Gasteiger partial charge in [0.15, 0.2) is 0 Å². The van der Waals surface area contributed by atoms with Gasteiger partial charge in [0.05, 0.1) is 10.6 Å². The van der Waals surface area contributed by atoms with Gasteiger partial charge in [0.1, 0.15) is 5.76 Å². The van der Waals surface area contributed by atoms with Crippen molar-refractivity contribution >= 4 is 21.6 Å². The zero-order valence-corrected chi connectivity index (χ0v) is 12.6. The Kier molecular flexibility index (Phi) is 3.84. The highest BCUT2D eigenvalue weighted by Crippen LogP contribution is 2.33. The highest BCUT2D eigenvalue weighted by atomic mass is 32.2. The minimum atomic E-state index is -3.97. The molecule has 0 fully saturated rings. The molecule has 0 aliphatic carbocycles. The Morgan fingerprint density at radius 3 is 2.48 bits per heavy atom. The molecule has 0 saturated heterocycles. The number of rotatable bonds is 3. The number of sulfonamides is 1. The number of hydrogen-bond acceptors (Lipinski definition) is 5. The van der Waals surface area contributed by atoms with Gasteiger partial charge in [-0.25, -0.2) is 13.6 Å². The normalized spacial score (nSPS) is 11.4. The van der Waals surface area contributed by atoms with E-state index in [1.807, 2.05) is 0 Å². The molecule has 1 aromatic heterocycles. The molecule has 8 heteroatoms.